The van der Waals surface area contributed by atoms with E-state index in [-0.39, 0.29) is 32.0 Å². The minimum atomic E-state index is -1.00. The van der Waals surface area contributed by atoms with Crippen molar-refractivity contribution in [2.75, 3.05) is 47.8 Å². The zero-order valence-corrected chi connectivity index (χ0v) is 21.0. The highest BCUT2D eigenvalue weighted by molar-refractivity contribution is 5.75. The van der Waals surface area contributed by atoms with Crippen LogP contribution in [-0.2, 0) is 25.4 Å². The third kappa shape index (κ3) is 7.18. The summed E-state index contributed by atoms with van der Waals surface area (Å²) in [6.07, 6.45) is -1.36. The number of ether oxygens (including phenoxy) is 6. The van der Waals surface area contributed by atoms with Gasteiger partial charge in [-0.15, -0.1) is 0 Å². The summed E-state index contributed by atoms with van der Waals surface area (Å²) in [4.78, 5) is 13.1. The molecule has 0 saturated carbocycles. The van der Waals surface area contributed by atoms with Gasteiger partial charge in [-0.05, 0) is 11.1 Å². The molecule has 0 heterocycles. The SMILES string of the molecule is COCCOc1c(F)c(CC(=O)OC(c2ccccc2)c2ccccc2)c(OC)c(F)c1OCCOC. The molecule has 37 heavy (non-hydrogen) atoms. The van der Waals surface area contributed by atoms with Gasteiger partial charge in [0.15, 0.2) is 17.7 Å². The van der Waals surface area contributed by atoms with Gasteiger partial charge in [0.05, 0.1) is 26.7 Å². The van der Waals surface area contributed by atoms with E-state index in [1.165, 1.54) is 21.3 Å². The minimum absolute atomic E-state index is 0.0616. The lowest BCUT2D eigenvalue weighted by atomic mass is 10.0. The Hall–Kier alpha value is -3.69. The van der Waals surface area contributed by atoms with Crippen LogP contribution in [0.15, 0.2) is 60.7 Å². The van der Waals surface area contributed by atoms with Gasteiger partial charge in [0, 0.05) is 19.8 Å². The first kappa shape index (κ1) is 27.9. The Kier molecular flexibility index (Phi) is 10.7. The Labute approximate surface area is 214 Å². The van der Waals surface area contributed by atoms with Crippen molar-refractivity contribution in [3.63, 3.8) is 0 Å². The number of esters is 1. The van der Waals surface area contributed by atoms with Crippen LogP contribution in [-0.4, -0.2) is 53.7 Å². The highest BCUT2D eigenvalue weighted by Crippen LogP contribution is 2.43. The molecule has 7 nitrogen and oxygen atoms in total. The molecular weight excluding hydrogens is 486 g/mol. The van der Waals surface area contributed by atoms with Crippen LogP contribution in [0, 0.1) is 11.6 Å². The molecule has 0 atom stereocenters. The van der Waals surface area contributed by atoms with E-state index in [4.69, 9.17) is 28.4 Å². The summed E-state index contributed by atoms with van der Waals surface area (Å²) in [5.74, 6) is -4.22. The molecule has 0 bridgehead atoms. The van der Waals surface area contributed by atoms with E-state index in [1.807, 2.05) is 60.7 Å². The second-order valence-corrected chi connectivity index (χ2v) is 7.85. The molecule has 198 valence electrons. The fourth-order valence-corrected chi connectivity index (χ4v) is 3.66. The summed E-state index contributed by atoms with van der Waals surface area (Å²) < 4.78 is 62.8. The number of carbonyl (C=O) groups excluding carboxylic acids is 1. The van der Waals surface area contributed by atoms with Crippen molar-refractivity contribution in [3.8, 4) is 17.2 Å². The molecule has 0 aliphatic carbocycles. The first-order valence-corrected chi connectivity index (χ1v) is 11.6. The van der Waals surface area contributed by atoms with Crippen LogP contribution in [0.3, 0.4) is 0 Å². The van der Waals surface area contributed by atoms with Crippen LogP contribution in [0.4, 0.5) is 8.78 Å². The van der Waals surface area contributed by atoms with Gasteiger partial charge in [-0.1, -0.05) is 60.7 Å². The molecule has 0 aliphatic rings. The zero-order valence-electron chi connectivity index (χ0n) is 21.0. The van der Waals surface area contributed by atoms with Crippen molar-refractivity contribution >= 4 is 5.97 Å². The fraction of sp³-hybridized carbons (Fsp3) is 0.321. The van der Waals surface area contributed by atoms with Crippen molar-refractivity contribution in [1.29, 1.82) is 0 Å². The summed E-state index contributed by atoms with van der Waals surface area (Å²) in [6.45, 7) is 0.120. The van der Waals surface area contributed by atoms with Gasteiger partial charge in [0.25, 0.3) is 0 Å². The number of benzene rings is 3. The van der Waals surface area contributed by atoms with E-state index < -0.39 is 47.4 Å². The monoisotopic (exact) mass is 516 g/mol. The lowest BCUT2D eigenvalue weighted by Crippen LogP contribution is -2.18. The molecule has 0 N–H and O–H groups in total. The van der Waals surface area contributed by atoms with Crippen molar-refractivity contribution in [2.45, 2.75) is 12.5 Å². The molecule has 3 aromatic rings. The molecule has 0 aliphatic heterocycles. The van der Waals surface area contributed by atoms with Crippen molar-refractivity contribution < 1.29 is 42.0 Å². The maximum absolute atomic E-state index is 15.7. The second kappa shape index (κ2) is 14.2. The molecule has 0 saturated heterocycles. The van der Waals surface area contributed by atoms with Crippen molar-refractivity contribution in [3.05, 3.63) is 89.0 Å². The minimum Gasteiger partial charge on any atom is -0.493 e. The van der Waals surface area contributed by atoms with Crippen LogP contribution in [0.5, 0.6) is 17.2 Å². The molecule has 0 radical (unpaired) electrons. The average Bonchev–Trinajstić information content (AvgIpc) is 2.92. The van der Waals surface area contributed by atoms with Gasteiger partial charge in [0.2, 0.25) is 17.3 Å². The summed E-state index contributed by atoms with van der Waals surface area (Å²) in [5.41, 5.74) is 1.11. The van der Waals surface area contributed by atoms with E-state index in [9.17, 15) is 4.79 Å². The Morgan fingerprint density at radius 3 is 1.65 bits per heavy atom. The quantitative estimate of drug-likeness (QED) is 0.223. The molecule has 3 aromatic carbocycles. The largest absolute Gasteiger partial charge is 0.493 e. The molecule has 0 amide bonds. The van der Waals surface area contributed by atoms with E-state index in [1.54, 1.807) is 0 Å². The Morgan fingerprint density at radius 1 is 0.703 bits per heavy atom. The van der Waals surface area contributed by atoms with Gasteiger partial charge in [0.1, 0.15) is 13.2 Å². The Morgan fingerprint density at radius 2 is 1.19 bits per heavy atom. The summed E-state index contributed by atoms with van der Waals surface area (Å²) in [6, 6.07) is 18.3. The number of halogens is 2. The normalized spacial score (nSPS) is 10.9. The first-order valence-electron chi connectivity index (χ1n) is 11.6. The van der Waals surface area contributed by atoms with E-state index >= 15 is 8.78 Å². The molecule has 0 unspecified atom stereocenters. The maximum atomic E-state index is 15.7. The molecular formula is C28H30F2O7. The van der Waals surface area contributed by atoms with E-state index in [2.05, 4.69) is 0 Å². The number of rotatable bonds is 14. The Bertz CT molecular complexity index is 1100. The predicted molar refractivity (Wildman–Crippen MR) is 132 cm³/mol. The molecule has 0 spiro atoms. The molecule has 0 fully saturated rings. The lowest BCUT2D eigenvalue weighted by molar-refractivity contribution is -0.146. The van der Waals surface area contributed by atoms with Crippen LogP contribution in [0.25, 0.3) is 0 Å². The van der Waals surface area contributed by atoms with Gasteiger partial charge in [-0.25, -0.2) is 4.39 Å². The highest BCUT2D eigenvalue weighted by atomic mass is 19.1. The van der Waals surface area contributed by atoms with Gasteiger partial charge in [-0.3, -0.25) is 4.79 Å². The first-order chi connectivity index (χ1) is 18.0. The molecule has 3 rings (SSSR count). The van der Waals surface area contributed by atoms with Crippen molar-refractivity contribution in [2.24, 2.45) is 0 Å². The standard InChI is InChI=1S/C28H30F2O7/c1-32-14-16-35-27-23(29)21(26(34-3)24(30)28(27)36-17-15-33-2)18-22(31)37-25(19-10-6-4-7-11-19)20-12-8-5-9-13-20/h4-13,25H,14-18H2,1-3H3. The number of methoxy groups -OCH3 is 3. The number of hydrogen-bond acceptors (Lipinski definition) is 7. The Balaban J connectivity index is 1.95. The van der Waals surface area contributed by atoms with Crippen LogP contribution < -0.4 is 14.2 Å². The summed E-state index contributed by atoms with van der Waals surface area (Å²) in [5, 5.41) is 0. The van der Waals surface area contributed by atoms with Crippen LogP contribution in [0.2, 0.25) is 0 Å². The van der Waals surface area contributed by atoms with Crippen molar-refractivity contribution in [1.82, 2.24) is 0 Å². The fourth-order valence-electron chi connectivity index (χ4n) is 3.66. The summed E-state index contributed by atoms with van der Waals surface area (Å²) >= 11 is 0. The third-order valence-electron chi connectivity index (χ3n) is 5.39. The van der Waals surface area contributed by atoms with E-state index in [0.717, 1.165) is 11.1 Å². The van der Waals surface area contributed by atoms with Gasteiger partial charge in [-0.2, -0.15) is 4.39 Å². The second-order valence-electron chi connectivity index (χ2n) is 7.85. The highest BCUT2D eigenvalue weighted by Gasteiger charge is 2.30. The van der Waals surface area contributed by atoms with Gasteiger partial charge >= 0.3 is 5.97 Å². The molecule has 9 heteroatoms. The number of carbonyl (C=O) groups is 1. The topological polar surface area (TPSA) is 72.5 Å². The van der Waals surface area contributed by atoms with Gasteiger partial charge < -0.3 is 28.4 Å². The molecule has 0 aromatic heterocycles. The van der Waals surface area contributed by atoms with Crippen LogP contribution >= 0.6 is 0 Å². The zero-order chi connectivity index (χ0) is 26.6. The smallest absolute Gasteiger partial charge is 0.311 e. The average molecular weight is 517 g/mol. The lowest BCUT2D eigenvalue weighted by Gasteiger charge is -2.21. The summed E-state index contributed by atoms with van der Waals surface area (Å²) in [7, 11) is 4.07. The predicted octanol–water partition coefficient (Wildman–Crippen LogP) is 4.90. The van der Waals surface area contributed by atoms with Crippen LogP contribution in [0.1, 0.15) is 22.8 Å². The maximum Gasteiger partial charge on any atom is 0.311 e. The van der Waals surface area contributed by atoms with E-state index in [0.29, 0.717) is 0 Å². The third-order valence-corrected chi connectivity index (χ3v) is 5.39. The number of hydrogen-bond donors (Lipinski definition) is 0.